The minimum Gasteiger partial charge on any atom is -0.493 e. The van der Waals surface area contributed by atoms with Crippen molar-refractivity contribution in [2.45, 2.75) is 13.8 Å². The number of aromatic nitrogens is 2. The van der Waals surface area contributed by atoms with Crippen LogP contribution < -0.4 is 0 Å². The summed E-state index contributed by atoms with van der Waals surface area (Å²) in [4.78, 5) is 20.8. The number of nitrogens with zero attached hydrogens (tertiary/aromatic N) is 3. The van der Waals surface area contributed by atoms with Crippen molar-refractivity contribution < 1.29 is 9.90 Å². The number of aromatic amines is 1. The Kier molecular flexibility index (Phi) is 4.75. The molecule has 3 aromatic carbocycles. The van der Waals surface area contributed by atoms with Gasteiger partial charge in [0.25, 0.3) is 5.91 Å². The Hall–Kier alpha value is -4.32. The van der Waals surface area contributed by atoms with Crippen molar-refractivity contribution in [3.63, 3.8) is 0 Å². The zero-order chi connectivity index (χ0) is 22.2. The highest BCUT2D eigenvalue weighted by Crippen LogP contribution is 2.36. The van der Waals surface area contributed by atoms with Crippen LogP contribution in [-0.4, -0.2) is 21.0 Å². The van der Waals surface area contributed by atoms with Crippen LogP contribution in [0.3, 0.4) is 0 Å². The van der Waals surface area contributed by atoms with Crippen LogP contribution in [-0.2, 0) is 0 Å². The number of nitrogens with one attached hydrogen (secondary N) is 1. The molecule has 0 bridgehead atoms. The number of carbonyl (C=O) groups is 1. The molecule has 2 aromatic heterocycles. The zero-order valence-electron chi connectivity index (χ0n) is 17.6. The molecule has 0 radical (unpaired) electrons. The van der Waals surface area contributed by atoms with Gasteiger partial charge < -0.3 is 10.1 Å². The molecular weight excluding hydrogens is 400 g/mol. The molecule has 2 N–H and O–H groups in total. The molecule has 2 heterocycles. The average molecular weight is 420 g/mol. The van der Waals surface area contributed by atoms with Crippen LogP contribution >= 0.6 is 0 Å². The number of hydrogen-bond donors (Lipinski definition) is 2. The summed E-state index contributed by atoms with van der Waals surface area (Å²) in [5, 5.41) is 19.8. The van der Waals surface area contributed by atoms with E-state index in [4.69, 9.17) is 4.98 Å². The maximum atomic E-state index is 13.2. The Labute approximate surface area is 184 Å². The molecule has 0 aliphatic carbocycles. The summed E-state index contributed by atoms with van der Waals surface area (Å²) in [6.07, 6.45) is 0. The lowest BCUT2D eigenvalue weighted by Crippen LogP contribution is -1.99. The Morgan fingerprint density at radius 2 is 1.62 bits per heavy atom. The summed E-state index contributed by atoms with van der Waals surface area (Å²) in [5.41, 5.74) is 5.72. The predicted octanol–water partition coefficient (Wildman–Crippen LogP) is 6.63. The van der Waals surface area contributed by atoms with E-state index in [2.05, 4.69) is 15.2 Å². The van der Waals surface area contributed by atoms with Crippen molar-refractivity contribution in [3.8, 4) is 17.1 Å². The van der Waals surface area contributed by atoms with Crippen molar-refractivity contribution in [1.82, 2.24) is 9.97 Å². The van der Waals surface area contributed by atoms with Gasteiger partial charge in [0.2, 0.25) is 5.88 Å². The van der Waals surface area contributed by atoms with Crippen molar-refractivity contribution in [2.75, 3.05) is 0 Å². The van der Waals surface area contributed by atoms with Gasteiger partial charge in [0.15, 0.2) is 5.69 Å². The van der Waals surface area contributed by atoms with Crippen molar-refractivity contribution in [1.29, 1.82) is 0 Å². The third-order valence-corrected chi connectivity index (χ3v) is 5.41. The number of amides is 1. The molecule has 0 atom stereocenters. The van der Waals surface area contributed by atoms with Crippen molar-refractivity contribution in [2.24, 2.45) is 10.2 Å². The number of pyridine rings is 1. The molecule has 0 saturated carbocycles. The number of carbonyl (C=O) groups excluding carboxylic acids is 1. The van der Waals surface area contributed by atoms with Gasteiger partial charge in [0.1, 0.15) is 0 Å². The quantitative estimate of drug-likeness (QED) is 0.321. The van der Waals surface area contributed by atoms with Crippen LogP contribution in [0.5, 0.6) is 5.88 Å². The van der Waals surface area contributed by atoms with Gasteiger partial charge in [-0.05, 0) is 44.2 Å². The number of aromatic hydroxyl groups is 1. The van der Waals surface area contributed by atoms with Crippen LogP contribution in [0.2, 0.25) is 0 Å². The molecule has 5 rings (SSSR count). The molecule has 6 nitrogen and oxygen atoms in total. The predicted molar refractivity (Wildman–Crippen MR) is 125 cm³/mol. The SMILES string of the molecule is Cc1ccc2nc(-c3ccccc3)cc(C(=O)N=Nc3c(O)[nH]c4ccc(C)cc34)c2c1. The zero-order valence-corrected chi connectivity index (χ0v) is 17.6. The molecular formula is C26H20N4O2. The molecule has 0 aliphatic heterocycles. The summed E-state index contributed by atoms with van der Waals surface area (Å²) in [5.74, 6) is -0.621. The highest BCUT2D eigenvalue weighted by Gasteiger charge is 2.16. The fourth-order valence-electron chi connectivity index (χ4n) is 3.80. The molecule has 6 heteroatoms. The number of benzene rings is 3. The molecule has 0 aliphatic rings. The summed E-state index contributed by atoms with van der Waals surface area (Å²) < 4.78 is 0. The van der Waals surface area contributed by atoms with Gasteiger partial charge in [-0.15, -0.1) is 10.2 Å². The summed E-state index contributed by atoms with van der Waals surface area (Å²) in [6.45, 7) is 3.92. The first kappa shape index (κ1) is 19.6. The van der Waals surface area contributed by atoms with Crippen LogP contribution in [0.1, 0.15) is 21.5 Å². The largest absolute Gasteiger partial charge is 0.493 e. The van der Waals surface area contributed by atoms with E-state index in [-0.39, 0.29) is 11.6 Å². The highest BCUT2D eigenvalue weighted by atomic mass is 16.3. The van der Waals surface area contributed by atoms with E-state index in [1.165, 1.54) is 0 Å². The third-order valence-electron chi connectivity index (χ3n) is 5.41. The van der Waals surface area contributed by atoms with Crippen molar-refractivity contribution >= 4 is 33.4 Å². The fraction of sp³-hybridized carbons (Fsp3) is 0.0769. The van der Waals surface area contributed by atoms with Crippen LogP contribution in [0.25, 0.3) is 33.1 Å². The summed E-state index contributed by atoms with van der Waals surface area (Å²) >= 11 is 0. The first-order valence-corrected chi connectivity index (χ1v) is 10.2. The molecule has 0 saturated heterocycles. The van der Waals surface area contributed by atoms with Gasteiger partial charge in [-0.2, -0.15) is 0 Å². The van der Waals surface area contributed by atoms with Gasteiger partial charge >= 0.3 is 0 Å². The number of rotatable bonds is 3. The Balaban J connectivity index is 1.62. The van der Waals surface area contributed by atoms with E-state index in [9.17, 15) is 9.90 Å². The number of hydrogen-bond acceptors (Lipinski definition) is 4. The maximum Gasteiger partial charge on any atom is 0.296 e. The topological polar surface area (TPSA) is 90.7 Å². The highest BCUT2D eigenvalue weighted by molar-refractivity contribution is 6.08. The first-order chi connectivity index (χ1) is 15.5. The summed E-state index contributed by atoms with van der Waals surface area (Å²) in [6, 6.07) is 22.9. The van der Waals surface area contributed by atoms with Gasteiger partial charge in [-0.3, -0.25) is 4.79 Å². The number of fused-ring (bicyclic) bond motifs is 2. The fourth-order valence-corrected chi connectivity index (χ4v) is 3.80. The van der Waals surface area contributed by atoms with Crippen LogP contribution in [0.15, 0.2) is 83.0 Å². The Bertz CT molecular complexity index is 1520. The molecule has 156 valence electrons. The van der Waals surface area contributed by atoms with Gasteiger partial charge in [0.05, 0.1) is 22.3 Å². The van der Waals surface area contributed by atoms with Gasteiger partial charge in [-0.25, -0.2) is 4.98 Å². The lowest BCUT2D eigenvalue weighted by atomic mass is 10.0. The normalized spacial score (nSPS) is 11.6. The number of H-pyrrole nitrogens is 1. The van der Waals surface area contributed by atoms with E-state index in [1.807, 2.05) is 80.6 Å². The van der Waals surface area contributed by atoms with E-state index >= 15 is 0 Å². The second kappa shape index (κ2) is 7.74. The molecule has 32 heavy (non-hydrogen) atoms. The number of azo groups is 1. The van der Waals surface area contributed by atoms with E-state index < -0.39 is 5.91 Å². The minimum atomic E-state index is -0.499. The summed E-state index contributed by atoms with van der Waals surface area (Å²) in [7, 11) is 0. The lowest BCUT2D eigenvalue weighted by Gasteiger charge is -2.08. The smallest absolute Gasteiger partial charge is 0.296 e. The monoisotopic (exact) mass is 420 g/mol. The first-order valence-electron chi connectivity index (χ1n) is 10.2. The second-order valence-corrected chi connectivity index (χ2v) is 7.82. The standard InChI is InChI=1S/C26H20N4O2/c1-15-8-10-21-18(12-15)19(14-23(27-21)17-6-4-3-5-7-17)25(31)30-29-24-20-13-16(2)9-11-22(20)28-26(24)32/h3-14,28,32H,1-2H3. The maximum absolute atomic E-state index is 13.2. The Morgan fingerprint density at radius 3 is 2.41 bits per heavy atom. The van der Waals surface area contributed by atoms with Gasteiger partial charge in [-0.1, -0.05) is 53.6 Å². The Morgan fingerprint density at radius 1 is 0.906 bits per heavy atom. The number of aryl methyl sites for hydroxylation is 2. The lowest BCUT2D eigenvalue weighted by molar-refractivity contribution is 0.0996. The second-order valence-electron chi connectivity index (χ2n) is 7.82. The molecule has 0 fully saturated rings. The third kappa shape index (κ3) is 3.52. The van der Waals surface area contributed by atoms with E-state index in [0.717, 1.165) is 22.2 Å². The molecule has 5 aromatic rings. The van der Waals surface area contributed by atoms with Gasteiger partial charge in [0, 0.05) is 16.3 Å². The molecule has 0 spiro atoms. The van der Waals surface area contributed by atoms with Crippen LogP contribution in [0, 0.1) is 13.8 Å². The minimum absolute atomic E-state index is 0.123. The van der Waals surface area contributed by atoms with Crippen molar-refractivity contribution in [3.05, 3.63) is 89.5 Å². The molecule has 0 unspecified atom stereocenters. The van der Waals surface area contributed by atoms with E-state index in [1.54, 1.807) is 6.07 Å². The van der Waals surface area contributed by atoms with Crippen LogP contribution in [0.4, 0.5) is 5.69 Å². The average Bonchev–Trinajstić information content (AvgIpc) is 3.11. The van der Waals surface area contributed by atoms with E-state index in [0.29, 0.717) is 27.5 Å². The molecule has 1 amide bonds.